The van der Waals surface area contributed by atoms with Gasteiger partial charge in [-0.15, -0.1) is 0 Å². The third kappa shape index (κ3) is 2.88. The number of nitrogens with zero attached hydrogens (tertiary/aromatic N) is 1. The van der Waals surface area contributed by atoms with Gasteiger partial charge >= 0.3 is 0 Å². The summed E-state index contributed by atoms with van der Waals surface area (Å²) in [5.41, 5.74) is 1.32. The van der Waals surface area contributed by atoms with Crippen molar-refractivity contribution in [3.63, 3.8) is 0 Å². The lowest BCUT2D eigenvalue weighted by molar-refractivity contribution is 0.318. The highest BCUT2D eigenvalue weighted by atomic mass is 16.5. The van der Waals surface area contributed by atoms with Crippen LogP contribution in [0.15, 0.2) is 36.4 Å². The Kier molecular flexibility index (Phi) is 4.07. The van der Waals surface area contributed by atoms with Crippen molar-refractivity contribution in [2.24, 2.45) is 0 Å². The number of ether oxygens (including phenoxy) is 1. The Morgan fingerprint density at radius 3 is 2.60 bits per heavy atom. The zero-order chi connectivity index (χ0) is 13.8. The molecule has 0 aromatic heterocycles. The van der Waals surface area contributed by atoms with E-state index in [1.165, 1.54) is 16.5 Å². The zero-order valence-electron chi connectivity index (χ0n) is 12.1. The summed E-state index contributed by atoms with van der Waals surface area (Å²) < 4.78 is 5.69. The molecule has 1 heterocycles. The maximum absolute atomic E-state index is 5.69. The fourth-order valence-corrected chi connectivity index (χ4v) is 2.64. The summed E-state index contributed by atoms with van der Waals surface area (Å²) in [6.45, 7) is 7.22. The third-order valence-corrected chi connectivity index (χ3v) is 3.75. The molecule has 2 aromatic rings. The second-order valence-corrected chi connectivity index (χ2v) is 5.28. The van der Waals surface area contributed by atoms with E-state index < -0.39 is 0 Å². The van der Waals surface area contributed by atoms with Gasteiger partial charge in [0.1, 0.15) is 5.75 Å². The van der Waals surface area contributed by atoms with E-state index in [0.717, 1.165) is 45.0 Å². The van der Waals surface area contributed by atoms with Crippen LogP contribution in [-0.4, -0.2) is 32.8 Å². The van der Waals surface area contributed by atoms with E-state index in [-0.39, 0.29) is 0 Å². The molecule has 1 aliphatic rings. The highest BCUT2D eigenvalue weighted by Gasteiger charge is 2.10. The summed E-state index contributed by atoms with van der Waals surface area (Å²) in [6.07, 6.45) is 1.04. The number of rotatable bonds is 4. The number of piperazine rings is 1. The average molecular weight is 270 g/mol. The topological polar surface area (TPSA) is 24.5 Å². The largest absolute Gasteiger partial charge is 0.494 e. The predicted octanol–water partition coefficient (Wildman–Crippen LogP) is 3.04. The quantitative estimate of drug-likeness (QED) is 0.924. The van der Waals surface area contributed by atoms with Crippen LogP contribution in [0.25, 0.3) is 10.8 Å². The van der Waals surface area contributed by atoms with Crippen LogP contribution in [-0.2, 0) is 0 Å². The molecule has 20 heavy (non-hydrogen) atoms. The monoisotopic (exact) mass is 270 g/mol. The van der Waals surface area contributed by atoms with Crippen molar-refractivity contribution < 1.29 is 4.74 Å². The van der Waals surface area contributed by atoms with Gasteiger partial charge in [0.2, 0.25) is 0 Å². The second-order valence-electron chi connectivity index (χ2n) is 5.28. The van der Waals surface area contributed by atoms with E-state index in [9.17, 15) is 0 Å². The molecule has 1 saturated heterocycles. The average Bonchev–Trinajstić information content (AvgIpc) is 2.53. The molecule has 3 heteroatoms. The normalized spacial score (nSPS) is 15.6. The molecule has 0 bridgehead atoms. The standard InChI is InChI=1S/C17H22N2O/c1-2-11-20-17-6-4-14-12-16(5-3-15(14)13-17)19-9-7-18-8-10-19/h3-6,12-13,18H,2,7-11H2,1H3. The Bertz CT molecular complexity index is 576. The van der Waals surface area contributed by atoms with E-state index in [2.05, 4.69) is 53.5 Å². The second kappa shape index (κ2) is 6.14. The van der Waals surface area contributed by atoms with Gasteiger partial charge in [0, 0.05) is 31.9 Å². The summed E-state index contributed by atoms with van der Waals surface area (Å²) in [4.78, 5) is 2.44. The Morgan fingerprint density at radius 1 is 1.05 bits per heavy atom. The van der Waals surface area contributed by atoms with Gasteiger partial charge in [-0.1, -0.05) is 19.1 Å². The molecular weight excluding hydrogens is 248 g/mol. The first-order chi connectivity index (χ1) is 9.86. The van der Waals surface area contributed by atoms with Crippen LogP contribution < -0.4 is 15.0 Å². The molecule has 3 rings (SSSR count). The molecule has 106 valence electrons. The van der Waals surface area contributed by atoms with Crippen LogP contribution in [0.1, 0.15) is 13.3 Å². The van der Waals surface area contributed by atoms with E-state index in [1.54, 1.807) is 0 Å². The molecule has 0 saturated carbocycles. The minimum atomic E-state index is 0.782. The first-order valence-corrected chi connectivity index (χ1v) is 7.49. The maximum Gasteiger partial charge on any atom is 0.119 e. The highest BCUT2D eigenvalue weighted by Crippen LogP contribution is 2.26. The van der Waals surface area contributed by atoms with Crippen LogP contribution in [0, 0.1) is 0 Å². The van der Waals surface area contributed by atoms with Crippen LogP contribution in [0.5, 0.6) is 5.75 Å². The van der Waals surface area contributed by atoms with Crippen LogP contribution >= 0.6 is 0 Å². The minimum absolute atomic E-state index is 0.782. The first-order valence-electron chi connectivity index (χ1n) is 7.49. The lowest BCUT2D eigenvalue weighted by atomic mass is 10.1. The van der Waals surface area contributed by atoms with Crippen molar-refractivity contribution in [1.29, 1.82) is 0 Å². The summed E-state index contributed by atoms with van der Waals surface area (Å²) >= 11 is 0. The molecular formula is C17H22N2O. The van der Waals surface area contributed by atoms with E-state index in [0.29, 0.717) is 0 Å². The number of hydrogen-bond acceptors (Lipinski definition) is 3. The summed E-state index contributed by atoms with van der Waals surface area (Å²) in [6, 6.07) is 13.1. The molecule has 1 fully saturated rings. The smallest absolute Gasteiger partial charge is 0.119 e. The van der Waals surface area contributed by atoms with Gasteiger partial charge in [-0.25, -0.2) is 0 Å². The van der Waals surface area contributed by atoms with Crippen molar-refractivity contribution >= 4 is 16.5 Å². The lowest BCUT2D eigenvalue weighted by Crippen LogP contribution is -2.43. The van der Waals surface area contributed by atoms with Gasteiger partial charge in [0.25, 0.3) is 0 Å². The summed E-state index contributed by atoms with van der Waals surface area (Å²) in [5, 5.41) is 5.92. The predicted molar refractivity (Wildman–Crippen MR) is 84.8 cm³/mol. The fraction of sp³-hybridized carbons (Fsp3) is 0.412. The third-order valence-electron chi connectivity index (χ3n) is 3.75. The number of hydrogen-bond donors (Lipinski definition) is 1. The first kappa shape index (κ1) is 13.3. The molecule has 1 aliphatic heterocycles. The molecule has 3 nitrogen and oxygen atoms in total. The van der Waals surface area contributed by atoms with Gasteiger partial charge in [0.05, 0.1) is 6.61 Å². The molecule has 0 radical (unpaired) electrons. The Balaban J connectivity index is 1.84. The van der Waals surface area contributed by atoms with Gasteiger partial charge in [-0.3, -0.25) is 0 Å². The van der Waals surface area contributed by atoms with Crippen molar-refractivity contribution in [3.8, 4) is 5.75 Å². The molecule has 0 amide bonds. The molecule has 0 aliphatic carbocycles. The molecule has 0 unspecified atom stereocenters. The Labute approximate surface area is 120 Å². The van der Waals surface area contributed by atoms with Gasteiger partial charge < -0.3 is 15.0 Å². The SMILES string of the molecule is CCCOc1ccc2cc(N3CCNCC3)ccc2c1. The maximum atomic E-state index is 5.69. The number of anilines is 1. The van der Waals surface area contributed by atoms with Crippen LogP contribution in [0.3, 0.4) is 0 Å². The van der Waals surface area contributed by atoms with Crippen molar-refractivity contribution in [3.05, 3.63) is 36.4 Å². The van der Waals surface area contributed by atoms with E-state index in [4.69, 9.17) is 4.74 Å². The van der Waals surface area contributed by atoms with Crippen molar-refractivity contribution in [2.45, 2.75) is 13.3 Å². The molecule has 1 N–H and O–H groups in total. The zero-order valence-corrected chi connectivity index (χ0v) is 12.1. The van der Waals surface area contributed by atoms with Gasteiger partial charge in [0.15, 0.2) is 0 Å². The van der Waals surface area contributed by atoms with Gasteiger partial charge in [-0.2, -0.15) is 0 Å². The fourth-order valence-electron chi connectivity index (χ4n) is 2.64. The van der Waals surface area contributed by atoms with E-state index >= 15 is 0 Å². The molecule has 0 atom stereocenters. The number of nitrogens with one attached hydrogen (secondary N) is 1. The van der Waals surface area contributed by atoms with Crippen molar-refractivity contribution in [1.82, 2.24) is 5.32 Å². The minimum Gasteiger partial charge on any atom is -0.494 e. The Hall–Kier alpha value is -1.74. The lowest BCUT2D eigenvalue weighted by Gasteiger charge is -2.29. The van der Waals surface area contributed by atoms with E-state index in [1.807, 2.05) is 0 Å². The molecule has 0 spiro atoms. The van der Waals surface area contributed by atoms with Crippen LogP contribution in [0.4, 0.5) is 5.69 Å². The van der Waals surface area contributed by atoms with Gasteiger partial charge in [-0.05, 0) is 41.5 Å². The molecule has 2 aromatic carbocycles. The van der Waals surface area contributed by atoms with Crippen molar-refractivity contribution in [2.75, 3.05) is 37.7 Å². The highest BCUT2D eigenvalue weighted by molar-refractivity contribution is 5.87. The number of benzene rings is 2. The summed E-state index contributed by atoms with van der Waals surface area (Å²) in [5.74, 6) is 0.967. The summed E-state index contributed by atoms with van der Waals surface area (Å²) in [7, 11) is 0. The Morgan fingerprint density at radius 2 is 1.80 bits per heavy atom. The van der Waals surface area contributed by atoms with Crippen LogP contribution in [0.2, 0.25) is 0 Å². The number of fused-ring (bicyclic) bond motifs is 1.